The van der Waals surface area contributed by atoms with Gasteiger partial charge in [-0.25, -0.2) is 0 Å². The molecule has 25 heavy (non-hydrogen) atoms. The predicted octanol–water partition coefficient (Wildman–Crippen LogP) is 3.58. The summed E-state index contributed by atoms with van der Waals surface area (Å²) in [5.74, 6) is 1.57. The summed E-state index contributed by atoms with van der Waals surface area (Å²) in [4.78, 5) is 2.26. The van der Waals surface area contributed by atoms with Crippen LogP contribution in [0.2, 0.25) is 0 Å². The maximum atomic E-state index is 10.3. The normalized spacial score (nSPS) is 27.2. The van der Waals surface area contributed by atoms with Crippen LogP contribution in [0.5, 0.6) is 5.75 Å². The lowest BCUT2D eigenvalue weighted by Crippen LogP contribution is -2.48. The highest BCUT2D eigenvalue weighted by Gasteiger charge is 2.24. The number of nitrogens with zero attached hydrogens (tertiary/aromatic N) is 1. The van der Waals surface area contributed by atoms with E-state index in [4.69, 9.17) is 9.47 Å². The molecule has 3 rings (SSSR count). The summed E-state index contributed by atoms with van der Waals surface area (Å²) < 4.78 is 11.5. The molecule has 1 saturated carbocycles. The first-order valence-corrected chi connectivity index (χ1v) is 9.89. The van der Waals surface area contributed by atoms with Crippen LogP contribution in [0.25, 0.3) is 0 Å². The fourth-order valence-electron chi connectivity index (χ4n) is 4.25. The van der Waals surface area contributed by atoms with Gasteiger partial charge in [0, 0.05) is 19.6 Å². The number of β-amino-alcohol motifs (C(OH)–C–C–N with tert-alkyl or cyclic N) is 1. The molecule has 2 aliphatic rings. The van der Waals surface area contributed by atoms with Crippen molar-refractivity contribution in [3.05, 3.63) is 29.8 Å². The van der Waals surface area contributed by atoms with E-state index >= 15 is 0 Å². The zero-order chi connectivity index (χ0) is 17.6. The van der Waals surface area contributed by atoms with Crippen LogP contribution in [0.4, 0.5) is 0 Å². The first-order valence-electron chi connectivity index (χ1n) is 9.89. The van der Waals surface area contributed by atoms with E-state index in [0.717, 1.165) is 24.8 Å². The summed E-state index contributed by atoms with van der Waals surface area (Å²) in [6.07, 6.45) is 6.70. The SMILES string of the molecule is C[C@H]1CN(C[C@H](O)COc2ccc(C3CCCCC3)cc2)C[C@H](C)O1. The van der Waals surface area contributed by atoms with Crippen molar-refractivity contribution in [3.63, 3.8) is 0 Å². The predicted molar refractivity (Wildman–Crippen MR) is 100 cm³/mol. The molecule has 1 N–H and O–H groups in total. The number of aliphatic hydroxyl groups is 1. The molecular formula is C21H33NO3. The average molecular weight is 347 g/mol. The quantitative estimate of drug-likeness (QED) is 0.854. The number of hydrogen-bond acceptors (Lipinski definition) is 4. The minimum absolute atomic E-state index is 0.226. The third-order valence-corrected chi connectivity index (χ3v) is 5.36. The Kier molecular flexibility index (Phi) is 6.74. The Morgan fingerprint density at radius 1 is 1.08 bits per heavy atom. The van der Waals surface area contributed by atoms with Crippen LogP contribution in [0, 0.1) is 0 Å². The topological polar surface area (TPSA) is 41.9 Å². The monoisotopic (exact) mass is 347 g/mol. The smallest absolute Gasteiger partial charge is 0.119 e. The van der Waals surface area contributed by atoms with Crippen LogP contribution in [-0.4, -0.2) is 54.6 Å². The standard InChI is InChI=1S/C21H33NO3/c1-16-12-22(13-17(2)25-16)14-20(23)15-24-21-10-8-19(9-11-21)18-6-4-3-5-7-18/h8-11,16-18,20,23H,3-7,12-15H2,1-2H3/t16-,17-,20-/m0/s1. The average Bonchev–Trinajstić information content (AvgIpc) is 2.60. The number of hydrogen-bond donors (Lipinski definition) is 1. The molecule has 0 aromatic heterocycles. The molecule has 140 valence electrons. The Morgan fingerprint density at radius 2 is 1.72 bits per heavy atom. The lowest BCUT2D eigenvalue weighted by molar-refractivity contribution is -0.0786. The van der Waals surface area contributed by atoms with Crippen LogP contribution in [0.3, 0.4) is 0 Å². The number of ether oxygens (including phenoxy) is 2. The second-order valence-electron chi connectivity index (χ2n) is 7.84. The van der Waals surface area contributed by atoms with Gasteiger partial charge in [-0.1, -0.05) is 31.4 Å². The van der Waals surface area contributed by atoms with E-state index in [9.17, 15) is 5.11 Å². The van der Waals surface area contributed by atoms with Gasteiger partial charge in [0.25, 0.3) is 0 Å². The molecule has 3 atom stereocenters. The minimum Gasteiger partial charge on any atom is -0.491 e. The van der Waals surface area contributed by atoms with Crippen LogP contribution in [0.15, 0.2) is 24.3 Å². The van der Waals surface area contributed by atoms with Crippen molar-refractivity contribution in [1.29, 1.82) is 0 Å². The third-order valence-electron chi connectivity index (χ3n) is 5.36. The first kappa shape index (κ1) is 18.7. The van der Waals surface area contributed by atoms with Crippen LogP contribution >= 0.6 is 0 Å². The third kappa shape index (κ3) is 5.70. The summed E-state index contributed by atoms with van der Waals surface area (Å²) in [5, 5.41) is 10.3. The summed E-state index contributed by atoms with van der Waals surface area (Å²) >= 11 is 0. The molecule has 0 radical (unpaired) electrons. The second kappa shape index (κ2) is 9.02. The van der Waals surface area contributed by atoms with Crippen molar-refractivity contribution in [2.75, 3.05) is 26.2 Å². The van der Waals surface area contributed by atoms with E-state index < -0.39 is 6.10 Å². The van der Waals surface area contributed by atoms with E-state index in [1.165, 1.54) is 37.7 Å². The van der Waals surface area contributed by atoms with E-state index in [1.54, 1.807) is 0 Å². The minimum atomic E-state index is -0.476. The van der Waals surface area contributed by atoms with E-state index in [2.05, 4.69) is 43.0 Å². The van der Waals surface area contributed by atoms with Gasteiger partial charge in [0.1, 0.15) is 18.5 Å². The van der Waals surface area contributed by atoms with Gasteiger partial charge in [-0.3, -0.25) is 4.90 Å². The maximum absolute atomic E-state index is 10.3. The Hall–Kier alpha value is -1.10. The molecule has 1 heterocycles. The number of aliphatic hydroxyl groups excluding tert-OH is 1. The van der Waals surface area contributed by atoms with Gasteiger partial charge >= 0.3 is 0 Å². The van der Waals surface area contributed by atoms with Gasteiger partial charge in [-0.05, 0) is 50.3 Å². The molecule has 1 aromatic rings. The molecule has 4 nitrogen and oxygen atoms in total. The molecule has 1 saturated heterocycles. The molecule has 0 amide bonds. The summed E-state index contributed by atoms with van der Waals surface area (Å²) in [5.41, 5.74) is 1.43. The fourth-order valence-corrected chi connectivity index (χ4v) is 4.25. The van der Waals surface area contributed by atoms with Crippen LogP contribution in [0.1, 0.15) is 57.4 Å². The van der Waals surface area contributed by atoms with Crippen molar-refractivity contribution >= 4 is 0 Å². The molecule has 0 spiro atoms. The number of benzene rings is 1. The molecule has 0 bridgehead atoms. The molecular weight excluding hydrogens is 314 g/mol. The molecule has 2 fully saturated rings. The van der Waals surface area contributed by atoms with E-state index in [1.807, 2.05) is 0 Å². The Morgan fingerprint density at radius 3 is 2.36 bits per heavy atom. The van der Waals surface area contributed by atoms with Crippen molar-refractivity contribution in [1.82, 2.24) is 4.90 Å². The first-order chi connectivity index (χ1) is 12.1. The summed E-state index contributed by atoms with van der Waals surface area (Å²) in [7, 11) is 0. The summed E-state index contributed by atoms with van der Waals surface area (Å²) in [6, 6.07) is 8.50. The van der Waals surface area contributed by atoms with Crippen molar-refractivity contribution in [2.24, 2.45) is 0 Å². The van der Waals surface area contributed by atoms with Gasteiger partial charge in [0.05, 0.1) is 12.2 Å². The lowest BCUT2D eigenvalue weighted by atomic mass is 9.84. The van der Waals surface area contributed by atoms with Gasteiger partial charge in [-0.2, -0.15) is 0 Å². The second-order valence-corrected chi connectivity index (χ2v) is 7.84. The van der Waals surface area contributed by atoms with Crippen LogP contribution in [-0.2, 0) is 4.74 Å². The van der Waals surface area contributed by atoms with Crippen LogP contribution < -0.4 is 4.74 Å². The lowest BCUT2D eigenvalue weighted by Gasteiger charge is -2.36. The van der Waals surface area contributed by atoms with Gasteiger partial charge in [0.15, 0.2) is 0 Å². The molecule has 1 aromatic carbocycles. The molecule has 1 aliphatic carbocycles. The van der Waals surface area contributed by atoms with Crippen molar-refractivity contribution in [2.45, 2.75) is 70.2 Å². The Labute approximate surface area is 152 Å². The number of rotatable bonds is 6. The maximum Gasteiger partial charge on any atom is 0.119 e. The highest BCUT2D eigenvalue weighted by molar-refractivity contribution is 5.29. The molecule has 1 aliphatic heterocycles. The van der Waals surface area contributed by atoms with Crippen molar-refractivity contribution in [3.8, 4) is 5.75 Å². The Balaban J connectivity index is 1.43. The zero-order valence-electron chi connectivity index (χ0n) is 15.7. The molecule has 0 unspecified atom stereocenters. The molecule has 4 heteroatoms. The van der Waals surface area contributed by atoms with Crippen molar-refractivity contribution < 1.29 is 14.6 Å². The Bertz CT molecular complexity index is 502. The highest BCUT2D eigenvalue weighted by atomic mass is 16.5. The van der Waals surface area contributed by atoms with Gasteiger partial charge in [-0.15, -0.1) is 0 Å². The fraction of sp³-hybridized carbons (Fsp3) is 0.714. The number of morpholine rings is 1. The van der Waals surface area contributed by atoms with E-state index in [-0.39, 0.29) is 12.2 Å². The summed E-state index contributed by atoms with van der Waals surface area (Å²) in [6.45, 7) is 6.88. The highest BCUT2D eigenvalue weighted by Crippen LogP contribution is 2.33. The van der Waals surface area contributed by atoms with E-state index in [0.29, 0.717) is 13.2 Å². The zero-order valence-corrected chi connectivity index (χ0v) is 15.7. The largest absolute Gasteiger partial charge is 0.491 e. The van der Waals surface area contributed by atoms with Gasteiger partial charge in [0.2, 0.25) is 0 Å². The van der Waals surface area contributed by atoms with Gasteiger partial charge < -0.3 is 14.6 Å².